The van der Waals surface area contributed by atoms with Crippen molar-refractivity contribution < 1.29 is 4.79 Å². The van der Waals surface area contributed by atoms with E-state index >= 15 is 0 Å². The number of benzene rings is 1. The van der Waals surface area contributed by atoms with Crippen molar-refractivity contribution in [3.63, 3.8) is 0 Å². The van der Waals surface area contributed by atoms with Crippen LogP contribution in [0.25, 0.3) is 0 Å². The fraction of sp³-hybridized carbons (Fsp3) is 0.385. The van der Waals surface area contributed by atoms with Crippen molar-refractivity contribution in [1.82, 2.24) is 5.43 Å². The van der Waals surface area contributed by atoms with Gasteiger partial charge in [0.25, 0.3) is 0 Å². The molecule has 17 heavy (non-hydrogen) atoms. The minimum atomic E-state index is -0.602. The molecule has 3 N–H and O–H groups in total. The summed E-state index contributed by atoms with van der Waals surface area (Å²) in [6.45, 7) is 0. The number of amides is 2. The summed E-state index contributed by atoms with van der Waals surface area (Å²) in [6.07, 6.45) is 4.35. The largest absolute Gasteiger partial charge is 0.350 e. The third-order valence-electron chi connectivity index (χ3n) is 3.09. The van der Waals surface area contributed by atoms with Gasteiger partial charge in [-0.2, -0.15) is 5.10 Å². The standard InChI is InChI=1S/C13H17N3O/c14-13(17)16-15-12-9-5-4-8-11(12)10-6-2-1-3-7-10/h1-3,6-7,11H,4-5,8-9H2,(H3,14,16,17)/b15-12-/t11-/m1/s1. The van der Waals surface area contributed by atoms with Crippen molar-refractivity contribution in [3.05, 3.63) is 35.9 Å². The molecule has 90 valence electrons. The Hall–Kier alpha value is -1.84. The molecule has 0 bridgehead atoms. The Balaban J connectivity index is 2.18. The smallest absolute Gasteiger partial charge is 0.332 e. The van der Waals surface area contributed by atoms with Crippen molar-refractivity contribution in [3.8, 4) is 0 Å². The summed E-state index contributed by atoms with van der Waals surface area (Å²) < 4.78 is 0. The number of hydrogen-bond donors (Lipinski definition) is 2. The molecule has 4 heteroatoms. The van der Waals surface area contributed by atoms with E-state index < -0.39 is 6.03 Å². The summed E-state index contributed by atoms with van der Waals surface area (Å²) in [7, 11) is 0. The molecule has 0 radical (unpaired) electrons. The minimum Gasteiger partial charge on any atom is -0.350 e. The zero-order chi connectivity index (χ0) is 12.1. The summed E-state index contributed by atoms with van der Waals surface area (Å²) in [6, 6.07) is 9.68. The maximum Gasteiger partial charge on any atom is 0.332 e. The van der Waals surface area contributed by atoms with E-state index in [0.29, 0.717) is 5.92 Å². The zero-order valence-corrected chi connectivity index (χ0v) is 9.73. The first kappa shape index (κ1) is 11.6. The first-order valence-electron chi connectivity index (χ1n) is 5.94. The van der Waals surface area contributed by atoms with Gasteiger partial charge in [0.15, 0.2) is 0 Å². The van der Waals surface area contributed by atoms with Crippen LogP contribution in [0.1, 0.15) is 37.2 Å². The highest BCUT2D eigenvalue weighted by atomic mass is 16.2. The second kappa shape index (κ2) is 5.48. The van der Waals surface area contributed by atoms with Gasteiger partial charge in [0.05, 0.1) is 0 Å². The molecule has 0 heterocycles. The first-order chi connectivity index (χ1) is 8.27. The zero-order valence-electron chi connectivity index (χ0n) is 9.73. The summed E-state index contributed by atoms with van der Waals surface area (Å²) in [4.78, 5) is 10.7. The number of carbonyl (C=O) groups excluding carboxylic acids is 1. The van der Waals surface area contributed by atoms with Crippen LogP contribution in [0.5, 0.6) is 0 Å². The van der Waals surface area contributed by atoms with Gasteiger partial charge in [-0.1, -0.05) is 36.8 Å². The molecule has 0 spiro atoms. The van der Waals surface area contributed by atoms with Gasteiger partial charge < -0.3 is 5.73 Å². The van der Waals surface area contributed by atoms with Gasteiger partial charge >= 0.3 is 6.03 Å². The lowest BCUT2D eigenvalue weighted by molar-refractivity contribution is 0.249. The van der Waals surface area contributed by atoms with Gasteiger partial charge in [0.1, 0.15) is 0 Å². The number of urea groups is 1. The second-order valence-electron chi connectivity index (χ2n) is 4.29. The van der Waals surface area contributed by atoms with Crippen LogP contribution in [0, 0.1) is 0 Å². The minimum absolute atomic E-state index is 0.316. The van der Waals surface area contributed by atoms with Crippen molar-refractivity contribution in [2.45, 2.75) is 31.6 Å². The topological polar surface area (TPSA) is 67.5 Å². The quantitative estimate of drug-likeness (QED) is 0.754. The lowest BCUT2D eigenvalue weighted by Crippen LogP contribution is -2.28. The summed E-state index contributed by atoms with van der Waals surface area (Å²) in [5.74, 6) is 0.316. The van der Waals surface area contributed by atoms with Crippen molar-refractivity contribution in [1.29, 1.82) is 0 Å². The lowest BCUT2D eigenvalue weighted by atomic mass is 9.82. The number of carbonyl (C=O) groups is 1. The van der Waals surface area contributed by atoms with Gasteiger partial charge in [0.2, 0.25) is 0 Å². The van der Waals surface area contributed by atoms with Crippen molar-refractivity contribution >= 4 is 11.7 Å². The van der Waals surface area contributed by atoms with Crippen LogP contribution in [-0.4, -0.2) is 11.7 Å². The van der Waals surface area contributed by atoms with E-state index in [9.17, 15) is 4.79 Å². The maximum atomic E-state index is 10.7. The molecule has 2 amide bonds. The number of nitrogens with zero attached hydrogens (tertiary/aromatic N) is 1. The monoisotopic (exact) mass is 231 g/mol. The fourth-order valence-electron chi connectivity index (χ4n) is 2.30. The highest BCUT2D eigenvalue weighted by Gasteiger charge is 2.22. The van der Waals surface area contributed by atoms with E-state index in [1.165, 1.54) is 12.0 Å². The van der Waals surface area contributed by atoms with Crippen molar-refractivity contribution in [2.75, 3.05) is 0 Å². The average molecular weight is 231 g/mol. The highest BCUT2D eigenvalue weighted by molar-refractivity contribution is 5.92. The number of hydrogen-bond acceptors (Lipinski definition) is 2. The Labute approximate surface area is 101 Å². The summed E-state index contributed by atoms with van der Waals surface area (Å²) in [5.41, 5.74) is 9.67. The molecular formula is C13H17N3O. The average Bonchev–Trinajstić information content (AvgIpc) is 2.38. The van der Waals surface area contributed by atoms with Gasteiger partial charge in [-0.05, 0) is 24.8 Å². The molecule has 2 rings (SSSR count). The van der Waals surface area contributed by atoms with Crippen LogP contribution >= 0.6 is 0 Å². The van der Waals surface area contributed by atoms with Crippen LogP contribution in [0.4, 0.5) is 4.79 Å². The number of nitrogens with one attached hydrogen (secondary N) is 1. The molecule has 1 aromatic carbocycles. The molecule has 1 aromatic rings. The molecule has 4 nitrogen and oxygen atoms in total. The Kier molecular flexibility index (Phi) is 3.75. The van der Waals surface area contributed by atoms with E-state index in [1.807, 2.05) is 18.2 Å². The van der Waals surface area contributed by atoms with Crippen LogP contribution < -0.4 is 11.2 Å². The molecule has 1 aliphatic rings. The fourth-order valence-corrected chi connectivity index (χ4v) is 2.30. The van der Waals surface area contributed by atoms with Crippen LogP contribution in [0.15, 0.2) is 35.4 Å². The van der Waals surface area contributed by atoms with Crippen molar-refractivity contribution in [2.24, 2.45) is 10.8 Å². The molecular weight excluding hydrogens is 214 g/mol. The number of rotatable bonds is 2. The number of primary amides is 1. The van der Waals surface area contributed by atoms with E-state index in [2.05, 4.69) is 22.7 Å². The predicted octanol–water partition coefficient (Wildman–Crippen LogP) is 2.37. The van der Waals surface area contributed by atoms with E-state index in [4.69, 9.17) is 5.73 Å². The van der Waals surface area contributed by atoms with Gasteiger partial charge in [0, 0.05) is 11.6 Å². The molecule has 1 saturated carbocycles. The third-order valence-corrected chi connectivity index (χ3v) is 3.09. The van der Waals surface area contributed by atoms with Crippen LogP contribution in [0.3, 0.4) is 0 Å². The molecule has 0 unspecified atom stereocenters. The summed E-state index contributed by atoms with van der Waals surface area (Å²) in [5, 5.41) is 4.13. The lowest BCUT2D eigenvalue weighted by Gasteiger charge is -2.24. The van der Waals surface area contributed by atoms with Crippen LogP contribution in [0.2, 0.25) is 0 Å². The Morgan fingerprint density at radius 3 is 2.76 bits per heavy atom. The predicted molar refractivity (Wildman–Crippen MR) is 67.8 cm³/mol. The van der Waals surface area contributed by atoms with Gasteiger partial charge in [-0.3, -0.25) is 0 Å². The SMILES string of the molecule is NC(=O)N/N=C1/CCCC[C@@H]1c1ccccc1. The highest BCUT2D eigenvalue weighted by Crippen LogP contribution is 2.30. The Bertz CT molecular complexity index is 414. The van der Waals surface area contributed by atoms with Gasteiger partial charge in [-0.25, -0.2) is 10.2 Å². The molecule has 1 fully saturated rings. The van der Waals surface area contributed by atoms with E-state index in [1.54, 1.807) is 0 Å². The Morgan fingerprint density at radius 2 is 2.06 bits per heavy atom. The van der Waals surface area contributed by atoms with E-state index in [-0.39, 0.29) is 0 Å². The number of nitrogens with two attached hydrogens (primary N) is 1. The third kappa shape index (κ3) is 3.06. The molecule has 1 aliphatic carbocycles. The first-order valence-corrected chi connectivity index (χ1v) is 5.94. The molecule has 0 aromatic heterocycles. The molecule has 1 atom stereocenters. The number of hydrazone groups is 1. The molecule has 0 aliphatic heterocycles. The summed E-state index contributed by atoms with van der Waals surface area (Å²) >= 11 is 0. The van der Waals surface area contributed by atoms with Gasteiger partial charge in [-0.15, -0.1) is 0 Å². The van der Waals surface area contributed by atoms with E-state index in [0.717, 1.165) is 25.0 Å². The Morgan fingerprint density at radius 1 is 1.29 bits per heavy atom. The maximum absolute atomic E-state index is 10.7. The molecule has 0 saturated heterocycles. The second-order valence-corrected chi connectivity index (χ2v) is 4.29. The normalized spacial score (nSPS) is 22.4. The van der Waals surface area contributed by atoms with Crippen LogP contribution in [-0.2, 0) is 0 Å².